The summed E-state index contributed by atoms with van der Waals surface area (Å²) in [7, 11) is 1.58. The summed E-state index contributed by atoms with van der Waals surface area (Å²) in [5.74, 6) is 1.68. The van der Waals surface area contributed by atoms with Gasteiger partial charge in [0.2, 0.25) is 5.91 Å². The summed E-state index contributed by atoms with van der Waals surface area (Å²) in [6.07, 6.45) is 0. The van der Waals surface area contributed by atoms with Gasteiger partial charge in [0.25, 0.3) is 5.91 Å². The zero-order valence-corrected chi connectivity index (χ0v) is 23.2. The van der Waals surface area contributed by atoms with Crippen molar-refractivity contribution < 1.29 is 19.1 Å². The van der Waals surface area contributed by atoms with Crippen LogP contribution >= 0.6 is 11.8 Å². The van der Waals surface area contributed by atoms with Gasteiger partial charge in [0.1, 0.15) is 11.5 Å². The molecule has 0 unspecified atom stereocenters. The molecule has 4 rings (SSSR count). The van der Waals surface area contributed by atoms with Crippen molar-refractivity contribution in [3.8, 4) is 17.2 Å². The van der Waals surface area contributed by atoms with Gasteiger partial charge in [-0.3, -0.25) is 14.2 Å². The highest BCUT2D eigenvalue weighted by atomic mass is 32.2. The van der Waals surface area contributed by atoms with Crippen molar-refractivity contribution in [2.45, 2.75) is 32.5 Å². The van der Waals surface area contributed by atoms with E-state index in [0.717, 1.165) is 28.3 Å². The van der Waals surface area contributed by atoms with E-state index in [4.69, 9.17) is 9.47 Å². The Kier molecular flexibility index (Phi) is 9.22. The molecule has 39 heavy (non-hydrogen) atoms. The van der Waals surface area contributed by atoms with Crippen LogP contribution < -0.4 is 20.1 Å². The van der Waals surface area contributed by atoms with Gasteiger partial charge in [-0.25, -0.2) is 0 Å². The van der Waals surface area contributed by atoms with Gasteiger partial charge >= 0.3 is 0 Å². The largest absolute Gasteiger partial charge is 0.497 e. The number of anilines is 1. The molecule has 0 bridgehead atoms. The number of carbonyl (C=O) groups excluding carboxylic acids is 2. The zero-order valence-electron chi connectivity index (χ0n) is 22.4. The number of hydrogen-bond acceptors (Lipinski definition) is 7. The third-order valence-corrected chi connectivity index (χ3v) is 7.01. The molecule has 0 aliphatic heterocycles. The molecular formula is C29H31N5O4S. The van der Waals surface area contributed by atoms with Gasteiger partial charge in [0.05, 0.1) is 26.0 Å². The molecule has 0 aliphatic carbocycles. The molecule has 2 amide bonds. The first kappa shape index (κ1) is 27.7. The highest BCUT2D eigenvalue weighted by molar-refractivity contribution is 7.99. The standard InChI is InChI=1S/C29H31N5O4S/c1-5-38-24-15-11-22(12-16-24)34-26(17-30-28(36)21-9-13-23(37-4)14-10-21)32-33-29(34)39-18-27(35)31-25-8-6-7-19(2)20(25)3/h6-16H,5,17-18H2,1-4H3,(H,30,36)(H,31,35). The van der Waals surface area contributed by atoms with Crippen LogP contribution in [0.5, 0.6) is 11.5 Å². The van der Waals surface area contributed by atoms with Crippen LogP contribution in [-0.4, -0.2) is 46.0 Å². The monoisotopic (exact) mass is 545 g/mol. The fourth-order valence-electron chi connectivity index (χ4n) is 3.83. The van der Waals surface area contributed by atoms with Crippen LogP contribution in [0.2, 0.25) is 0 Å². The Morgan fingerprint density at radius 3 is 2.36 bits per heavy atom. The highest BCUT2D eigenvalue weighted by Gasteiger charge is 2.18. The molecule has 4 aromatic rings. The van der Waals surface area contributed by atoms with Crippen molar-refractivity contribution in [2.75, 3.05) is 24.8 Å². The fraction of sp³-hybridized carbons (Fsp3) is 0.241. The maximum Gasteiger partial charge on any atom is 0.251 e. The Labute approximate surface area is 231 Å². The zero-order chi connectivity index (χ0) is 27.8. The lowest BCUT2D eigenvalue weighted by atomic mass is 10.1. The molecule has 1 heterocycles. The molecule has 0 fully saturated rings. The van der Waals surface area contributed by atoms with E-state index in [9.17, 15) is 9.59 Å². The van der Waals surface area contributed by atoms with Crippen LogP contribution in [-0.2, 0) is 11.3 Å². The Balaban J connectivity index is 1.51. The minimum absolute atomic E-state index is 0.139. The lowest BCUT2D eigenvalue weighted by Gasteiger charge is -2.13. The van der Waals surface area contributed by atoms with Crippen molar-refractivity contribution in [3.63, 3.8) is 0 Å². The van der Waals surface area contributed by atoms with Gasteiger partial charge < -0.3 is 20.1 Å². The Bertz CT molecular complexity index is 1440. The maximum absolute atomic E-state index is 12.8. The predicted molar refractivity (Wildman–Crippen MR) is 152 cm³/mol. The normalized spacial score (nSPS) is 10.7. The number of methoxy groups -OCH3 is 1. The van der Waals surface area contributed by atoms with Crippen molar-refractivity contribution in [1.29, 1.82) is 0 Å². The molecule has 0 atom stereocenters. The number of amides is 2. The lowest BCUT2D eigenvalue weighted by Crippen LogP contribution is -2.24. The average molecular weight is 546 g/mol. The summed E-state index contributed by atoms with van der Waals surface area (Å²) < 4.78 is 12.6. The second-order valence-corrected chi connectivity index (χ2v) is 9.60. The summed E-state index contributed by atoms with van der Waals surface area (Å²) >= 11 is 1.27. The van der Waals surface area contributed by atoms with Crippen molar-refractivity contribution in [3.05, 3.63) is 89.2 Å². The van der Waals surface area contributed by atoms with E-state index in [1.54, 1.807) is 31.4 Å². The lowest BCUT2D eigenvalue weighted by molar-refractivity contribution is -0.113. The number of rotatable bonds is 11. The van der Waals surface area contributed by atoms with E-state index in [-0.39, 0.29) is 24.1 Å². The molecule has 9 nitrogen and oxygen atoms in total. The molecule has 2 N–H and O–H groups in total. The van der Waals surface area contributed by atoms with Gasteiger partial charge in [0, 0.05) is 16.9 Å². The number of ether oxygens (including phenoxy) is 2. The van der Waals surface area contributed by atoms with E-state index in [1.807, 2.05) is 67.8 Å². The molecule has 0 spiro atoms. The summed E-state index contributed by atoms with van der Waals surface area (Å²) in [5, 5.41) is 15.1. The maximum atomic E-state index is 12.8. The van der Waals surface area contributed by atoms with E-state index in [1.165, 1.54) is 11.8 Å². The van der Waals surface area contributed by atoms with Crippen LogP contribution in [0.15, 0.2) is 71.9 Å². The van der Waals surface area contributed by atoms with Crippen LogP contribution in [0, 0.1) is 13.8 Å². The van der Waals surface area contributed by atoms with Gasteiger partial charge in [0.15, 0.2) is 11.0 Å². The minimum Gasteiger partial charge on any atom is -0.497 e. The Hall–Kier alpha value is -4.31. The van der Waals surface area contributed by atoms with Gasteiger partial charge in [-0.2, -0.15) is 0 Å². The van der Waals surface area contributed by atoms with Crippen molar-refractivity contribution in [1.82, 2.24) is 20.1 Å². The SMILES string of the molecule is CCOc1ccc(-n2c(CNC(=O)c3ccc(OC)cc3)nnc2SCC(=O)Nc2cccc(C)c2C)cc1. The number of thioether (sulfide) groups is 1. The van der Waals surface area contributed by atoms with Crippen LogP contribution in [0.25, 0.3) is 5.69 Å². The quantitative estimate of drug-likeness (QED) is 0.257. The fourth-order valence-corrected chi connectivity index (χ4v) is 4.60. The molecule has 0 aliphatic rings. The minimum atomic E-state index is -0.249. The topological polar surface area (TPSA) is 107 Å². The van der Waals surface area contributed by atoms with E-state index in [0.29, 0.717) is 28.9 Å². The number of nitrogens with one attached hydrogen (secondary N) is 2. The molecule has 0 saturated carbocycles. The number of nitrogens with zero attached hydrogens (tertiary/aromatic N) is 3. The van der Waals surface area contributed by atoms with Gasteiger partial charge in [-0.05, 0) is 86.5 Å². The molecule has 202 valence electrons. The molecule has 0 saturated heterocycles. The number of hydrogen-bond donors (Lipinski definition) is 2. The number of aryl methyl sites for hydroxylation is 1. The molecule has 1 aromatic heterocycles. The highest BCUT2D eigenvalue weighted by Crippen LogP contribution is 2.25. The van der Waals surface area contributed by atoms with Crippen molar-refractivity contribution >= 4 is 29.3 Å². The first-order valence-electron chi connectivity index (χ1n) is 12.5. The average Bonchev–Trinajstić information content (AvgIpc) is 3.36. The van der Waals surface area contributed by atoms with Gasteiger partial charge in [-0.15, -0.1) is 10.2 Å². The Morgan fingerprint density at radius 2 is 1.67 bits per heavy atom. The second-order valence-electron chi connectivity index (χ2n) is 8.66. The summed E-state index contributed by atoms with van der Waals surface area (Å²) in [6, 6.07) is 20.2. The number of benzene rings is 3. The van der Waals surface area contributed by atoms with Crippen LogP contribution in [0.4, 0.5) is 5.69 Å². The molecule has 0 radical (unpaired) electrons. The second kappa shape index (κ2) is 13.0. The predicted octanol–water partition coefficient (Wildman–Crippen LogP) is 4.95. The third kappa shape index (κ3) is 6.97. The van der Waals surface area contributed by atoms with Crippen LogP contribution in [0.1, 0.15) is 34.2 Å². The van der Waals surface area contributed by atoms with E-state index < -0.39 is 0 Å². The third-order valence-electron chi connectivity index (χ3n) is 6.08. The number of aromatic nitrogens is 3. The first-order valence-corrected chi connectivity index (χ1v) is 13.5. The van der Waals surface area contributed by atoms with E-state index >= 15 is 0 Å². The summed E-state index contributed by atoms with van der Waals surface area (Å²) in [6.45, 7) is 6.61. The van der Waals surface area contributed by atoms with Gasteiger partial charge in [-0.1, -0.05) is 23.9 Å². The van der Waals surface area contributed by atoms with E-state index in [2.05, 4.69) is 20.8 Å². The van der Waals surface area contributed by atoms with Crippen LogP contribution in [0.3, 0.4) is 0 Å². The first-order chi connectivity index (χ1) is 18.9. The molecular weight excluding hydrogens is 514 g/mol. The summed E-state index contributed by atoms with van der Waals surface area (Å²) in [4.78, 5) is 25.5. The Morgan fingerprint density at radius 1 is 0.949 bits per heavy atom. The molecule has 3 aromatic carbocycles. The smallest absolute Gasteiger partial charge is 0.251 e. The summed E-state index contributed by atoms with van der Waals surface area (Å²) in [5.41, 5.74) is 4.21. The number of carbonyl (C=O) groups is 2. The van der Waals surface area contributed by atoms with Crippen molar-refractivity contribution in [2.24, 2.45) is 0 Å². The molecule has 10 heteroatoms.